The molecular weight excluding hydrogens is 818 g/mol. The Hall–Kier alpha value is -0.0431. The molecule has 0 fully saturated rings. The summed E-state index contributed by atoms with van der Waals surface area (Å²) in [5, 5.41) is 4.88. The van der Waals surface area contributed by atoms with Gasteiger partial charge in [-0.1, -0.05) is 0 Å². The Bertz CT molecular complexity index is 1900. The fourth-order valence-electron chi connectivity index (χ4n) is 4.42. The van der Waals surface area contributed by atoms with Crippen LogP contribution in [0, 0.1) is 0 Å². The number of benzene rings is 1. The first-order valence-electron chi connectivity index (χ1n) is 10.3. The number of hydrogen-bond acceptors (Lipinski definition) is 1. The molecule has 8 rings (SSSR count). The summed E-state index contributed by atoms with van der Waals surface area (Å²) in [6.07, 6.45) is 0. The normalized spacial score (nSPS) is 12.2. The van der Waals surface area contributed by atoms with E-state index in [1.807, 2.05) is 0 Å². The summed E-state index contributed by atoms with van der Waals surface area (Å²) >= 11 is 4.98. The molecule has 158 valence electrons. The molecule has 0 N–H and O–H groups in total. The molecule has 7 aromatic heterocycles. The molecule has 7 heterocycles. The molecule has 33 heavy (non-hydrogen) atoms. The van der Waals surface area contributed by atoms with Gasteiger partial charge >= 0.3 is 233 Å². The fourth-order valence-corrected chi connectivity index (χ4v) is 20.8. The molecule has 0 radical (unpaired) electrons. The van der Waals surface area contributed by atoms with E-state index in [-0.39, 0.29) is 0 Å². The second-order valence-electron chi connectivity index (χ2n) is 7.75. The predicted octanol–water partition coefficient (Wildman–Crippen LogP) is 5.70. The summed E-state index contributed by atoms with van der Waals surface area (Å²) in [5.74, 6) is 0. The molecule has 8 aromatic rings. The van der Waals surface area contributed by atoms with Crippen LogP contribution in [-0.2, 0) is 0 Å². The van der Waals surface area contributed by atoms with Crippen LogP contribution >= 0.6 is 11.3 Å². The van der Waals surface area contributed by atoms with Gasteiger partial charge in [-0.2, -0.15) is 0 Å². The first-order valence-corrected chi connectivity index (χ1v) is 21.8. The molecule has 0 aliphatic rings. The van der Waals surface area contributed by atoms with E-state index in [0.29, 0.717) is 87.0 Å². The van der Waals surface area contributed by atoms with E-state index < -0.39 is 0 Å². The molecule has 1 aromatic carbocycles. The zero-order valence-electron chi connectivity index (χ0n) is 16.8. The molecule has 0 atom stereocenters. The molecule has 0 nitrogen and oxygen atoms in total. The van der Waals surface area contributed by atoms with Crippen molar-refractivity contribution >= 4 is 136 Å². The molecular formula is C26H12SSe6. The number of rotatable bonds is 3. The molecule has 0 saturated carbocycles. The minimum atomic E-state index is 0.426. The maximum absolute atomic E-state index is 2.62. The average Bonchev–Trinajstić information content (AvgIpc) is 3.67. The zero-order chi connectivity index (χ0) is 21.5. The third-order valence-electron chi connectivity index (χ3n) is 5.84. The summed E-state index contributed by atoms with van der Waals surface area (Å²) in [5.41, 5.74) is 0. The average molecular weight is 830 g/mol. The van der Waals surface area contributed by atoms with E-state index in [1.54, 1.807) is 60.1 Å². The van der Waals surface area contributed by atoms with E-state index in [9.17, 15) is 0 Å². The van der Waals surface area contributed by atoms with E-state index in [0.717, 1.165) is 0 Å². The zero-order valence-corrected chi connectivity index (χ0v) is 27.9. The minimum absolute atomic E-state index is 0.426. The topological polar surface area (TPSA) is 0 Å². The Morgan fingerprint density at radius 2 is 1.15 bits per heavy atom. The van der Waals surface area contributed by atoms with Gasteiger partial charge in [-0.15, -0.1) is 0 Å². The van der Waals surface area contributed by atoms with Crippen molar-refractivity contribution in [3.8, 4) is 27.1 Å². The van der Waals surface area contributed by atoms with Crippen LogP contribution in [0.2, 0.25) is 0 Å². The summed E-state index contributed by atoms with van der Waals surface area (Å²) in [4.78, 5) is 8.62. The van der Waals surface area contributed by atoms with Crippen molar-refractivity contribution in [1.29, 1.82) is 0 Å². The van der Waals surface area contributed by atoms with Crippen molar-refractivity contribution in [2.45, 2.75) is 0 Å². The number of hydrogen-bond donors (Lipinski definition) is 0. The van der Waals surface area contributed by atoms with Gasteiger partial charge in [0.25, 0.3) is 0 Å². The van der Waals surface area contributed by atoms with Crippen molar-refractivity contribution in [2.24, 2.45) is 0 Å². The Morgan fingerprint density at radius 3 is 1.79 bits per heavy atom. The van der Waals surface area contributed by atoms with Crippen LogP contribution in [0.1, 0.15) is 0 Å². The quantitative estimate of drug-likeness (QED) is 0.201. The SMILES string of the molecule is c1c[se]c(-c2cc3[se]c4c5cc(-c6ccc[se]6)[se]c5c5[se]c(-c6ccc[se]6)cc5c4c3s2)c1. The molecule has 0 bridgehead atoms. The van der Waals surface area contributed by atoms with Gasteiger partial charge in [0.15, 0.2) is 0 Å². The van der Waals surface area contributed by atoms with E-state index in [2.05, 4.69) is 80.8 Å². The Kier molecular flexibility index (Phi) is 5.27. The molecule has 7 heteroatoms. The van der Waals surface area contributed by atoms with E-state index in [1.165, 1.54) is 4.88 Å². The van der Waals surface area contributed by atoms with Crippen LogP contribution in [-0.4, -0.2) is 87.0 Å². The van der Waals surface area contributed by atoms with Crippen molar-refractivity contribution in [2.75, 3.05) is 0 Å². The fraction of sp³-hybridized carbons (Fsp3) is 0. The standard InChI is InChI=1S/C26H12SSe6/c1-4-16(28-7-1)15-12-21-23(27-15)22-13-10-19(17-5-2-8-29-17)31-25(13)26-14(24(22)33-21)11-20(32-26)18-6-3-9-30-18/h1-12H. The first kappa shape index (κ1) is 21.1. The molecule has 0 saturated heterocycles. The van der Waals surface area contributed by atoms with Gasteiger partial charge in [-0.25, -0.2) is 0 Å². The third kappa shape index (κ3) is 3.32. The van der Waals surface area contributed by atoms with Gasteiger partial charge in [0, 0.05) is 0 Å². The Balaban J connectivity index is 1.51. The van der Waals surface area contributed by atoms with E-state index >= 15 is 0 Å². The molecule has 0 unspecified atom stereocenters. The van der Waals surface area contributed by atoms with Gasteiger partial charge in [0.05, 0.1) is 0 Å². The van der Waals surface area contributed by atoms with Crippen LogP contribution in [0.4, 0.5) is 0 Å². The van der Waals surface area contributed by atoms with Crippen LogP contribution in [0.5, 0.6) is 0 Å². The molecule has 0 spiro atoms. The van der Waals surface area contributed by atoms with Crippen LogP contribution in [0.25, 0.3) is 65.0 Å². The maximum atomic E-state index is 2.62. The summed E-state index contributed by atoms with van der Waals surface area (Å²) in [6.45, 7) is 0. The summed E-state index contributed by atoms with van der Waals surface area (Å²) < 4.78 is 16.5. The Morgan fingerprint density at radius 1 is 0.545 bits per heavy atom. The van der Waals surface area contributed by atoms with Crippen molar-refractivity contribution < 1.29 is 0 Å². The van der Waals surface area contributed by atoms with Gasteiger partial charge in [0.1, 0.15) is 0 Å². The second-order valence-corrected chi connectivity index (χ2v) is 21.4. The van der Waals surface area contributed by atoms with Crippen molar-refractivity contribution in [3.05, 3.63) is 69.4 Å². The predicted molar refractivity (Wildman–Crippen MR) is 152 cm³/mol. The second kappa shape index (κ2) is 8.24. The number of thiophene rings is 1. The first-order chi connectivity index (χ1) is 16.3. The van der Waals surface area contributed by atoms with Gasteiger partial charge < -0.3 is 0 Å². The van der Waals surface area contributed by atoms with Crippen molar-refractivity contribution in [3.63, 3.8) is 0 Å². The van der Waals surface area contributed by atoms with Gasteiger partial charge in [-0.05, 0) is 0 Å². The van der Waals surface area contributed by atoms with Crippen molar-refractivity contribution in [1.82, 2.24) is 0 Å². The van der Waals surface area contributed by atoms with Crippen LogP contribution in [0.15, 0.2) is 69.4 Å². The third-order valence-corrected chi connectivity index (χ3v) is 22.7. The molecule has 0 aliphatic carbocycles. The Labute approximate surface area is 230 Å². The summed E-state index contributed by atoms with van der Waals surface area (Å²) in [7, 11) is 0. The molecule has 0 amide bonds. The monoisotopic (exact) mass is 836 g/mol. The molecule has 0 aliphatic heterocycles. The van der Waals surface area contributed by atoms with Gasteiger partial charge in [0.2, 0.25) is 0 Å². The van der Waals surface area contributed by atoms with Gasteiger partial charge in [-0.3, -0.25) is 0 Å². The van der Waals surface area contributed by atoms with Crippen LogP contribution < -0.4 is 0 Å². The number of fused-ring (bicyclic) bond motifs is 8. The summed E-state index contributed by atoms with van der Waals surface area (Å²) in [6, 6.07) is 21.7. The van der Waals surface area contributed by atoms with E-state index in [4.69, 9.17) is 0 Å². The van der Waals surface area contributed by atoms with Crippen LogP contribution in [0.3, 0.4) is 0 Å².